The number of rotatable bonds is 2. The monoisotopic (exact) mass is 254 g/mol. The van der Waals surface area contributed by atoms with Crippen molar-refractivity contribution in [2.45, 2.75) is 57.5 Å². The molecule has 3 atom stereocenters. The van der Waals surface area contributed by atoms with Gasteiger partial charge in [0.1, 0.15) is 6.04 Å². The van der Waals surface area contributed by atoms with Crippen LogP contribution in [0.15, 0.2) is 0 Å². The highest BCUT2D eigenvalue weighted by atomic mass is 16.4. The predicted octanol–water partition coefficient (Wildman–Crippen LogP) is 1.82. The van der Waals surface area contributed by atoms with E-state index in [0.29, 0.717) is 18.9 Å². The molecule has 5 heteroatoms. The molecule has 2 amide bonds. The number of carbonyl (C=O) groups excluding carboxylic acids is 1. The Balaban J connectivity index is 1.92. The molecule has 0 bridgehead atoms. The standard InChI is InChI=1S/C13H22N2O3/c1-9-5-2-3-6-10(9)14-13(18)15-8-4-7-11(15)12(16)17/h9-11H,2-8H2,1H3,(H,14,18)(H,16,17)/t9?,10?,11-/m0/s1. The Hall–Kier alpha value is -1.26. The highest BCUT2D eigenvalue weighted by molar-refractivity contribution is 5.83. The zero-order valence-corrected chi connectivity index (χ0v) is 10.9. The summed E-state index contributed by atoms with van der Waals surface area (Å²) in [5.74, 6) is -0.395. The molecule has 0 spiro atoms. The highest BCUT2D eigenvalue weighted by Gasteiger charge is 2.35. The van der Waals surface area contributed by atoms with Gasteiger partial charge in [0.15, 0.2) is 0 Å². The second-order valence-electron chi connectivity index (χ2n) is 5.51. The van der Waals surface area contributed by atoms with Gasteiger partial charge in [-0.2, -0.15) is 0 Å². The van der Waals surface area contributed by atoms with Gasteiger partial charge in [-0.1, -0.05) is 19.8 Å². The lowest BCUT2D eigenvalue weighted by Crippen LogP contribution is -2.51. The van der Waals surface area contributed by atoms with Crippen LogP contribution in [0.2, 0.25) is 0 Å². The largest absolute Gasteiger partial charge is 0.480 e. The van der Waals surface area contributed by atoms with Crippen LogP contribution in [0.5, 0.6) is 0 Å². The van der Waals surface area contributed by atoms with Gasteiger partial charge in [-0.3, -0.25) is 0 Å². The number of urea groups is 1. The van der Waals surface area contributed by atoms with Gasteiger partial charge in [-0.15, -0.1) is 0 Å². The third kappa shape index (κ3) is 2.76. The molecule has 5 nitrogen and oxygen atoms in total. The molecule has 2 rings (SSSR count). The van der Waals surface area contributed by atoms with E-state index in [9.17, 15) is 9.59 Å². The summed E-state index contributed by atoms with van der Waals surface area (Å²) in [6, 6.07) is -0.621. The summed E-state index contributed by atoms with van der Waals surface area (Å²) < 4.78 is 0. The predicted molar refractivity (Wildman–Crippen MR) is 67.3 cm³/mol. The average molecular weight is 254 g/mol. The molecule has 1 heterocycles. The molecule has 2 unspecified atom stereocenters. The molecule has 1 saturated carbocycles. The van der Waals surface area contributed by atoms with E-state index in [1.807, 2.05) is 0 Å². The molecule has 18 heavy (non-hydrogen) atoms. The zero-order chi connectivity index (χ0) is 13.1. The maximum absolute atomic E-state index is 12.1. The Labute approximate surface area is 108 Å². The molecule has 2 aliphatic rings. The smallest absolute Gasteiger partial charge is 0.326 e. The van der Waals surface area contributed by atoms with Crippen LogP contribution < -0.4 is 5.32 Å². The van der Waals surface area contributed by atoms with Crippen molar-refractivity contribution in [3.63, 3.8) is 0 Å². The van der Waals surface area contributed by atoms with Crippen molar-refractivity contribution in [1.29, 1.82) is 0 Å². The van der Waals surface area contributed by atoms with Crippen LogP contribution in [0, 0.1) is 5.92 Å². The SMILES string of the molecule is CC1CCCCC1NC(=O)N1CCC[C@H]1C(=O)O. The van der Waals surface area contributed by atoms with Gasteiger partial charge in [-0.25, -0.2) is 9.59 Å². The van der Waals surface area contributed by atoms with E-state index in [1.54, 1.807) is 0 Å². The van der Waals surface area contributed by atoms with Crippen LogP contribution in [-0.4, -0.2) is 40.6 Å². The lowest BCUT2D eigenvalue weighted by atomic mass is 9.86. The maximum atomic E-state index is 12.1. The van der Waals surface area contributed by atoms with Gasteiger partial charge in [0.2, 0.25) is 0 Å². The average Bonchev–Trinajstić information content (AvgIpc) is 2.81. The Morgan fingerprint density at radius 1 is 1.17 bits per heavy atom. The minimum absolute atomic E-state index is 0.196. The molecule has 1 saturated heterocycles. The van der Waals surface area contributed by atoms with Gasteiger partial charge in [-0.05, 0) is 31.6 Å². The van der Waals surface area contributed by atoms with E-state index in [1.165, 1.54) is 11.3 Å². The van der Waals surface area contributed by atoms with Gasteiger partial charge in [0.05, 0.1) is 0 Å². The van der Waals surface area contributed by atoms with Gasteiger partial charge >= 0.3 is 12.0 Å². The summed E-state index contributed by atoms with van der Waals surface area (Å²) in [6.07, 6.45) is 5.89. The fourth-order valence-corrected chi connectivity index (χ4v) is 3.04. The van der Waals surface area contributed by atoms with Crippen LogP contribution in [0.4, 0.5) is 4.79 Å². The van der Waals surface area contributed by atoms with Crippen molar-refractivity contribution in [3.8, 4) is 0 Å². The molecule has 0 radical (unpaired) electrons. The van der Waals surface area contributed by atoms with E-state index in [4.69, 9.17) is 5.11 Å². The summed E-state index contributed by atoms with van der Waals surface area (Å²) >= 11 is 0. The third-order valence-electron chi connectivity index (χ3n) is 4.22. The number of amides is 2. The Morgan fingerprint density at radius 2 is 1.89 bits per heavy atom. The van der Waals surface area contributed by atoms with E-state index in [2.05, 4.69) is 12.2 Å². The van der Waals surface area contributed by atoms with Gasteiger partial charge < -0.3 is 15.3 Å². The molecule has 0 aromatic rings. The van der Waals surface area contributed by atoms with Crippen molar-refractivity contribution in [3.05, 3.63) is 0 Å². The molecular formula is C13H22N2O3. The fraction of sp³-hybridized carbons (Fsp3) is 0.846. The first-order valence-corrected chi connectivity index (χ1v) is 6.89. The van der Waals surface area contributed by atoms with Crippen LogP contribution in [0.3, 0.4) is 0 Å². The Kier molecular flexibility index (Phi) is 4.09. The number of aliphatic carboxylic acids is 1. The van der Waals surface area contributed by atoms with Gasteiger partial charge in [0.25, 0.3) is 0 Å². The number of carboxylic acids is 1. The molecule has 102 valence electrons. The van der Waals surface area contributed by atoms with Crippen molar-refractivity contribution in [2.75, 3.05) is 6.54 Å². The van der Waals surface area contributed by atoms with E-state index in [-0.39, 0.29) is 12.1 Å². The van der Waals surface area contributed by atoms with Crippen LogP contribution in [-0.2, 0) is 4.79 Å². The van der Waals surface area contributed by atoms with E-state index < -0.39 is 12.0 Å². The summed E-state index contributed by atoms with van der Waals surface area (Å²) in [5, 5.41) is 12.1. The first-order chi connectivity index (χ1) is 8.59. The summed E-state index contributed by atoms with van der Waals surface area (Å²) in [4.78, 5) is 24.7. The molecule has 1 aliphatic heterocycles. The van der Waals surface area contributed by atoms with E-state index >= 15 is 0 Å². The maximum Gasteiger partial charge on any atom is 0.326 e. The minimum atomic E-state index is -0.889. The van der Waals surface area contributed by atoms with Crippen molar-refractivity contribution < 1.29 is 14.7 Å². The molecule has 2 N–H and O–H groups in total. The summed E-state index contributed by atoms with van der Waals surface area (Å²) in [7, 11) is 0. The molecular weight excluding hydrogens is 232 g/mol. The van der Waals surface area contributed by atoms with Crippen LogP contribution in [0.25, 0.3) is 0 Å². The van der Waals surface area contributed by atoms with Crippen molar-refractivity contribution >= 4 is 12.0 Å². The second-order valence-corrected chi connectivity index (χ2v) is 5.51. The topological polar surface area (TPSA) is 69.6 Å². The number of hydrogen-bond donors (Lipinski definition) is 2. The molecule has 1 aliphatic carbocycles. The zero-order valence-electron chi connectivity index (χ0n) is 10.9. The van der Waals surface area contributed by atoms with E-state index in [0.717, 1.165) is 25.7 Å². The number of carboxylic acid groups (broad SMARTS) is 1. The summed E-state index contributed by atoms with van der Waals surface area (Å²) in [6.45, 7) is 2.71. The first kappa shape index (κ1) is 13.2. The molecule has 0 aromatic carbocycles. The van der Waals surface area contributed by atoms with Crippen molar-refractivity contribution in [2.24, 2.45) is 5.92 Å². The highest BCUT2D eigenvalue weighted by Crippen LogP contribution is 2.25. The number of hydrogen-bond acceptors (Lipinski definition) is 2. The van der Waals surface area contributed by atoms with Crippen LogP contribution in [0.1, 0.15) is 45.4 Å². The normalized spacial score (nSPS) is 32.3. The quantitative estimate of drug-likeness (QED) is 0.789. The second kappa shape index (κ2) is 5.59. The van der Waals surface area contributed by atoms with Gasteiger partial charge in [0, 0.05) is 12.6 Å². The lowest BCUT2D eigenvalue weighted by Gasteiger charge is -2.32. The fourth-order valence-electron chi connectivity index (χ4n) is 3.04. The number of nitrogens with zero attached hydrogens (tertiary/aromatic N) is 1. The minimum Gasteiger partial charge on any atom is -0.480 e. The molecule has 0 aromatic heterocycles. The summed E-state index contributed by atoms with van der Waals surface area (Å²) in [5.41, 5.74) is 0. The Bertz CT molecular complexity index is 332. The first-order valence-electron chi connectivity index (χ1n) is 6.89. The van der Waals surface area contributed by atoms with Crippen LogP contribution >= 0.6 is 0 Å². The number of likely N-dealkylation sites (tertiary alicyclic amines) is 1. The lowest BCUT2D eigenvalue weighted by molar-refractivity contribution is -0.141. The third-order valence-corrected chi connectivity index (χ3v) is 4.22. The Morgan fingerprint density at radius 3 is 2.56 bits per heavy atom. The van der Waals surface area contributed by atoms with Crippen molar-refractivity contribution in [1.82, 2.24) is 10.2 Å². The molecule has 2 fully saturated rings. The number of nitrogens with one attached hydrogen (secondary N) is 1. The number of carbonyl (C=O) groups is 2.